The van der Waals surface area contributed by atoms with Gasteiger partial charge in [-0.05, 0) is 28.3 Å². The van der Waals surface area contributed by atoms with Crippen molar-refractivity contribution in [3.8, 4) is 0 Å². The highest BCUT2D eigenvalue weighted by Gasteiger charge is 2.53. The summed E-state index contributed by atoms with van der Waals surface area (Å²) in [5, 5.41) is 2.02. The molecule has 0 aromatic heterocycles. The van der Waals surface area contributed by atoms with Gasteiger partial charge < -0.3 is 23.4 Å². The molecule has 5 atom stereocenters. The van der Waals surface area contributed by atoms with Crippen molar-refractivity contribution in [3.05, 3.63) is 60.7 Å². The molecule has 2 aromatic carbocycles. The molecule has 1 aliphatic carbocycles. The predicted molar refractivity (Wildman–Crippen MR) is 175 cm³/mol. The van der Waals surface area contributed by atoms with Gasteiger partial charge in [0.1, 0.15) is 18.3 Å². The largest absolute Gasteiger partial charge is 0.457 e. The number of carbonyl (C=O) groups excluding carboxylic acids is 1. The van der Waals surface area contributed by atoms with Crippen molar-refractivity contribution in [2.45, 2.75) is 102 Å². The summed E-state index contributed by atoms with van der Waals surface area (Å²) in [6, 6.07) is 20.6. The van der Waals surface area contributed by atoms with Gasteiger partial charge in [-0.25, -0.2) is 0 Å². The van der Waals surface area contributed by atoms with Crippen molar-refractivity contribution in [2.75, 3.05) is 26.6 Å². The lowest BCUT2D eigenvalue weighted by atomic mass is 9.93. The smallest absolute Gasteiger partial charge is 0.303 e. The fourth-order valence-corrected chi connectivity index (χ4v) is 12.2. The highest BCUT2D eigenvalue weighted by atomic mass is 32.2. The second-order valence-electron chi connectivity index (χ2n) is 13.4. The molecule has 1 heterocycles. The van der Waals surface area contributed by atoms with Gasteiger partial charge in [0.2, 0.25) is 0 Å². The van der Waals surface area contributed by atoms with E-state index in [2.05, 4.69) is 45.0 Å². The normalized spacial score (nSPS) is 21.6. The van der Waals surface area contributed by atoms with Crippen LogP contribution in [0.5, 0.6) is 0 Å². The zero-order valence-corrected chi connectivity index (χ0v) is 29.5. The molecule has 0 N–H and O–H groups in total. The summed E-state index contributed by atoms with van der Waals surface area (Å²) >= 11 is 0. The number of ether oxygens (including phenoxy) is 4. The minimum atomic E-state index is -3.99. The van der Waals surface area contributed by atoms with Crippen LogP contribution in [0.15, 0.2) is 60.7 Å². The van der Waals surface area contributed by atoms with Gasteiger partial charge in [-0.1, -0.05) is 94.8 Å². The van der Waals surface area contributed by atoms with Gasteiger partial charge in [0.25, 0.3) is 18.4 Å². The molecule has 9 nitrogen and oxygen atoms in total. The van der Waals surface area contributed by atoms with Crippen LogP contribution in [-0.2, 0) is 42.5 Å². The number of benzene rings is 2. The maximum atomic E-state index is 12.6. The quantitative estimate of drug-likeness (QED) is 0.173. The maximum absolute atomic E-state index is 12.6. The van der Waals surface area contributed by atoms with Gasteiger partial charge in [-0.15, -0.1) is 0 Å². The van der Waals surface area contributed by atoms with E-state index in [9.17, 15) is 13.2 Å². The third-order valence-electron chi connectivity index (χ3n) is 8.91. The Hall–Kier alpha value is -2.12. The SMILES string of the molecule is CO[C@H]([C@@H](OC(C)=O)[C@H](OS(C)(=O)=O)[C@H]1COC2(CCCCC2)O1)[C@@H](C)CO[Si](c1ccccc1)(c1ccccc1)C(C)(C)C. The number of carbonyl (C=O) groups is 1. The summed E-state index contributed by atoms with van der Waals surface area (Å²) in [6.45, 7) is 10.2. The lowest BCUT2D eigenvalue weighted by molar-refractivity contribution is -0.208. The highest BCUT2D eigenvalue weighted by Crippen LogP contribution is 2.41. The van der Waals surface area contributed by atoms with Gasteiger partial charge in [0.05, 0.1) is 12.9 Å². The third kappa shape index (κ3) is 8.43. The van der Waals surface area contributed by atoms with Crippen LogP contribution in [0.4, 0.5) is 0 Å². The first kappa shape index (κ1) is 35.7. The third-order valence-corrected chi connectivity index (χ3v) is 14.5. The Bertz CT molecular complexity index is 1300. The zero-order valence-electron chi connectivity index (χ0n) is 27.7. The lowest BCUT2D eigenvalue weighted by Crippen LogP contribution is -2.67. The van der Waals surface area contributed by atoms with E-state index in [1.165, 1.54) is 14.0 Å². The molecule has 2 aliphatic rings. The first-order valence-electron chi connectivity index (χ1n) is 15.9. The second kappa shape index (κ2) is 14.7. The Morgan fingerprint density at radius 2 is 1.53 bits per heavy atom. The summed E-state index contributed by atoms with van der Waals surface area (Å²) in [5.41, 5.74) is 0. The Balaban J connectivity index is 1.68. The number of esters is 1. The molecule has 0 radical (unpaired) electrons. The fraction of sp³-hybridized carbons (Fsp3) is 0.618. The molecule has 0 bridgehead atoms. The molecule has 11 heteroatoms. The number of hydrogen-bond acceptors (Lipinski definition) is 9. The Morgan fingerprint density at radius 3 is 2.00 bits per heavy atom. The van der Waals surface area contributed by atoms with E-state index < -0.39 is 54.6 Å². The Morgan fingerprint density at radius 1 is 0.978 bits per heavy atom. The topological polar surface area (TPSA) is 107 Å². The Labute approximate surface area is 270 Å². The molecule has 1 spiro atoms. The standard InChI is InChI=1S/C34H50O9SSi/c1-25(23-40-45(33(3,4)5,27-17-11-8-12-18-27)28-19-13-9-14-20-28)30(38-6)32(41-26(2)35)31(43-44(7,36)37)29-24-39-34(42-29)21-15-10-16-22-34/h8-9,11-14,17-20,25,29-32H,10,15-16,21-24H2,1-7H3/t25-,29+,30-,31+,32+/m0/s1. The molecule has 4 rings (SSSR count). The second-order valence-corrected chi connectivity index (χ2v) is 19.3. The molecule has 250 valence electrons. The number of rotatable bonds is 13. The van der Waals surface area contributed by atoms with E-state index in [-0.39, 0.29) is 24.2 Å². The molecule has 1 aliphatic heterocycles. The molecule has 2 aromatic rings. The van der Waals surface area contributed by atoms with Crippen LogP contribution in [-0.4, -0.2) is 79.5 Å². The van der Waals surface area contributed by atoms with Crippen LogP contribution in [0.1, 0.15) is 66.7 Å². The molecular formula is C34H50O9SSi. The van der Waals surface area contributed by atoms with E-state index in [1.807, 2.05) is 43.3 Å². The van der Waals surface area contributed by atoms with Crippen molar-refractivity contribution >= 4 is 34.8 Å². The molecule has 0 unspecified atom stereocenters. The summed E-state index contributed by atoms with van der Waals surface area (Å²) in [4.78, 5) is 12.5. The van der Waals surface area contributed by atoms with Crippen LogP contribution in [0.3, 0.4) is 0 Å². The van der Waals surface area contributed by atoms with Crippen molar-refractivity contribution in [1.82, 2.24) is 0 Å². The summed E-state index contributed by atoms with van der Waals surface area (Å²) in [5.74, 6) is -1.73. The van der Waals surface area contributed by atoms with Gasteiger partial charge in [0.15, 0.2) is 11.9 Å². The minimum absolute atomic E-state index is 0.112. The highest BCUT2D eigenvalue weighted by molar-refractivity contribution is 7.86. The zero-order chi connectivity index (χ0) is 32.9. The van der Waals surface area contributed by atoms with Crippen LogP contribution >= 0.6 is 0 Å². The van der Waals surface area contributed by atoms with Crippen molar-refractivity contribution < 1.29 is 40.8 Å². The molecule has 1 saturated heterocycles. The van der Waals surface area contributed by atoms with E-state index in [0.29, 0.717) is 12.8 Å². The van der Waals surface area contributed by atoms with E-state index in [1.54, 1.807) is 0 Å². The fourth-order valence-electron chi connectivity index (χ4n) is 6.94. The molecular weight excluding hydrogens is 613 g/mol. The summed E-state index contributed by atoms with van der Waals surface area (Å²) < 4.78 is 62.5. The monoisotopic (exact) mass is 662 g/mol. The van der Waals surface area contributed by atoms with E-state index >= 15 is 0 Å². The van der Waals surface area contributed by atoms with Crippen LogP contribution in [0.25, 0.3) is 0 Å². The van der Waals surface area contributed by atoms with Crippen molar-refractivity contribution in [1.29, 1.82) is 0 Å². The lowest BCUT2D eigenvalue weighted by Gasteiger charge is -2.44. The van der Waals surface area contributed by atoms with Crippen LogP contribution in [0.2, 0.25) is 5.04 Å². The molecule has 2 fully saturated rings. The summed E-state index contributed by atoms with van der Waals surface area (Å²) in [7, 11) is -5.35. The van der Waals surface area contributed by atoms with Crippen LogP contribution < -0.4 is 10.4 Å². The van der Waals surface area contributed by atoms with Gasteiger partial charge in [0, 0.05) is 39.4 Å². The first-order chi connectivity index (χ1) is 21.2. The van der Waals surface area contributed by atoms with E-state index in [4.69, 9.17) is 27.6 Å². The minimum Gasteiger partial charge on any atom is -0.457 e. The predicted octanol–water partition coefficient (Wildman–Crippen LogP) is 4.57. The van der Waals surface area contributed by atoms with Gasteiger partial charge in [-0.2, -0.15) is 8.42 Å². The van der Waals surface area contributed by atoms with Crippen molar-refractivity contribution in [2.24, 2.45) is 5.92 Å². The molecule has 45 heavy (non-hydrogen) atoms. The molecule has 0 amide bonds. The number of hydrogen-bond donors (Lipinski definition) is 0. The average molecular weight is 663 g/mol. The Kier molecular flexibility index (Phi) is 11.7. The van der Waals surface area contributed by atoms with Gasteiger partial charge in [-0.3, -0.25) is 8.98 Å². The first-order valence-corrected chi connectivity index (χ1v) is 19.6. The van der Waals surface area contributed by atoms with Gasteiger partial charge >= 0.3 is 5.97 Å². The number of methoxy groups -OCH3 is 1. The average Bonchev–Trinajstić information content (AvgIpc) is 3.39. The van der Waals surface area contributed by atoms with Crippen LogP contribution in [0, 0.1) is 5.92 Å². The maximum Gasteiger partial charge on any atom is 0.303 e. The summed E-state index contributed by atoms with van der Waals surface area (Å²) in [6.07, 6.45) is 1.52. The van der Waals surface area contributed by atoms with Crippen molar-refractivity contribution in [3.63, 3.8) is 0 Å². The molecule has 1 saturated carbocycles. The van der Waals surface area contributed by atoms with E-state index in [0.717, 1.165) is 35.9 Å².